The minimum absolute atomic E-state index is 0.000600. The number of anilines is 1. The molecule has 0 saturated carbocycles. The van der Waals surface area contributed by atoms with E-state index in [1.807, 2.05) is 42.6 Å². The maximum Gasteiger partial charge on any atom is 0.245 e. The fraction of sp³-hybridized carbons (Fsp3) is 0.476. The van der Waals surface area contributed by atoms with E-state index in [4.69, 9.17) is 4.74 Å². The van der Waals surface area contributed by atoms with Crippen LogP contribution in [0.3, 0.4) is 0 Å². The summed E-state index contributed by atoms with van der Waals surface area (Å²) >= 11 is 1.37. The molecule has 1 aliphatic rings. The molecule has 2 aromatic rings. The molecule has 0 radical (unpaired) electrons. The van der Waals surface area contributed by atoms with Crippen molar-refractivity contribution in [1.29, 1.82) is 0 Å². The second-order valence-electron chi connectivity index (χ2n) is 7.13. The van der Waals surface area contributed by atoms with Crippen molar-refractivity contribution in [3.05, 3.63) is 47.5 Å². The van der Waals surface area contributed by atoms with E-state index in [9.17, 15) is 9.59 Å². The highest BCUT2D eigenvalue weighted by molar-refractivity contribution is 7.13. The lowest BCUT2D eigenvalue weighted by atomic mass is 9.95. The van der Waals surface area contributed by atoms with Gasteiger partial charge in [0.1, 0.15) is 19.6 Å². The van der Waals surface area contributed by atoms with Crippen molar-refractivity contribution < 1.29 is 19.2 Å². The molecule has 1 aliphatic heterocycles. The van der Waals surface area contributed by atoms with Gasteiger partial charge >= 0.3 is 0 Å². The summed E-state index contributed by atoms with van der Waals surface area (Å²) in [7, 11) is 0. The molecule has 0 spiro atoms. The summed E-state index contributed by atoms with van der Waals surface area (Å²) in [6.07, 6.45) is 2.34. The van der Waals surface area contributed by atoms with Crippen LogP contribution in [0.15, 0.2) is 41.9 Å². The van der Waals surface area contributed by atoms with E-state index in [1.165, 1.54) is 16.2 Å². The molecule has 0 bridgehead atoms. The van der Waals surface area contributed by atoms with Crippen LogP contribution in [0.25, 0.3) is 0 Å². The summed E-state index contributed by atoms with van der Waals surface area (Å²) in [6, 6.07) is 9.80. The number of thiazole rings is 1. The standard InChI is InChI=1S/C21H28N4O3S/c1-2-18(17-6-4-3-5-7-17)20(27)25(10-9-24-11-13-28-14-12-24)16-19(26)23-21-22-8-15-29-21/h3-8,15,18H,2,9-14,16H2,1H3,(H,22,23,26)/p+1/t18-/m0/s1. The van der Waals surface area contributed by atoms with Gasteiger partial charge in [-0.3, -0.25) is 9.59 Å². The van der Waals surface area contributed by atoms with Crippen LogP contribution in [0.2, 0.25) is 0 Å². The smallest absolute Gasteiger partial charge is 0.245 e. The van der Waals surface area contributed by atoms with E-state index in [0.29, 0.717) is 18.1 Å². The number of aromatic nitrogens is 1. The van der Waals surface area contributed by atoms with Crippen molar-refractivity contribution in [3.63, 3.8) is 0 Å². The minimum atomic E-state index is -0.247. The van der Waals surface area contributed by atoms with Crippen molar-refractivity contribution in [2.75, 3.05) is 51.3 Å². The molecule has 1 aromatic carbocycles. The van der Waals surface area contributed by atoms with Gasteiger partial charge in [-0.1, -0.05) is 37.3 Å². The number of nitrogens with one attached hydrogen (secondary N) is 2. The molecule has 29 heavy (non-hydrogen) atoms. The zero-order valence-corrected chi connectivity index (χ0v) is 17.6. The second kappa shape index (κ2) is 11.0. The van der Waals surface area contributed by atoms with Crippen molar-refractivity contribution in [3.8, 4) is 0 Å². The van der Waals surface area contributed by atoms with Crippen molar-refractivity contribution in [1.82, 2.24) is 9.88 Å². The molecule has 0 aliphatic carbocycles. The van der Waals surface area contributed by atoms with Gasteiger partial charge in [0, 0.05) is 11.6 Å². The summed E-state index contributed by atoms with van der Waals surface area (Å²) in [6.45, 7) is 6.76. The fourth-order valence-corrected chi connectivity index (χ4v) is 4.09. The zero-order valence-electron chi connectivity index (χ0n) is 16.8. The van der Waals surface area contributed by atoms with Gasteiger partial charge in [-0.15, -0.1) is 11.3 Å². The predicted octanol–water partition coefficient (Wildman–Crippen LogP) is 1.02. The van der Waals surface area contributed by atoms with Gasteiger partial charge in [0.25, 0.3) is 0 Å². The first-order valence-corrected chi connectivity index (χ1v) is 11.0. The topological polar surface area (TPSA) is 76.0 Å². The van der Waals surface area contributed by atoms with E-state index >= 15 is 0 Å². The number of morpholine rings is 1. The van der Waals surface area contributed by atoms with Crippen LogP contribution >= 0.6 is 11.3 Å². The first-order valence-electron chi connectivity index (χ1n) is 10.1. The van der Waals surface area contributed by atoms with Crippen LogP contribution in [0.4, 0.5) is 5.13 Å². The van der Waals surface area contributed by atoms with Crippen LogP contribution in [0, 0.1) is 0 Å². The lowest BCUT2D eigenvalue weighted by molar-refractivity contribution is -0.907. The highest BCUT2D eigenvalue weighted by Crippen LogP contribution is 2.22. The molecule has 1 atom stereocenters. The normalized spacial score (nSPS) is 15.6. The average Bonchev–Trinajstić information content (AvgIpc) is 3.26. The third kappa shape index (κ3) is 6.35. The van der Waals surface area contributed by atoms with Crippen LogP contribution in [0.1, 0.15) is 24.8 Å². The maximum atomic E-state index is 13.4. The summed E-state index contributed by atoms with van der Waals surface area (Å²) in [5.74, 6) is -0.461. The molecule has 1 saturated heterocycles. The molecular weight excluding hydrogens is 388 g/mol. The van der Waals surface area contributed by atoms with Crippen molar-refractivity contribution >= 4 is 28.3 Å². The van der Waals surface area contributed by atoms with Gasteiger partial charge in [0.05, 0.1) is 32.2 Å². The summed E-state index contributed by atoms with van der Waals surface area (Å²) in [5, 5.41) is 5.15. The second-order valence-corrected chi connectivity index (χ2v) is 8.02. The van der Waals surface area contributed by atoms with E-state index in [1.54, 1.807) is 11.1 Å². The molecule has 0 unspecified atom stereocenters. The Kier molecular flexibility index (Phi) is 8.15. The SMILES string of the molecule is CC[C@H](C(=O)N(CC[NH+]1CCOCC1)CC(=O)Nc1nccs1)c1ccccc1. The number of carbonyl (C=O) groups is 2. The Morgan fingerprint density at radius 1 is 1.28 bits per heavy atom. The van der Waals surface area contributed by atoms with Gasteiger partial charge in [-0.25, -0.2) is 4.98 Å². The minimum Gasteiger partial charge on any atom is -0.370 e. The average molecular weight is 418 g/mol. The monoisotopic (exact) mass is 417 g/mol. The van der Waals surface area contributed by atoms with Crippen molar-refractivity contribution in [2.24, 2.45) is 0 Å². The number of benzene rings is 1. The van der Waals surface area contributed by atoms with Crippen LogP contribution in [0.5, 0.6) is 0 Å². The lowest BCUT2D eigenvalue weighted by Gasteiger charge is -2.29. The number of rotatable bonds is 9. The Morgan fingerprint density at radius 3 is 2.69 bits per heavy atom. The van der Waals surface area contributed by atoms with Crippen LogP contribution < -0.4 is 10.2 Å². The Hall–Kier alpha value is -2.29. The summed E-state index contributed by atoms with van der Waals surface area (Å²) in [5.41, 5.74) is 0.990. The third-order valence-electron chi connectivity index (χ3n) is 5.17. The molecule has 7 nitrogen and oxygen atoms in total. The fourth-order valence-electron chi connectivity index (χ4n) is 3.55. The highest BCUT2D eigenvalue weighted by Gasteiger charge is 2.27. The number of quaternary nitrogens is 1. The predicted molar refractivity (Wildman–Crippen MR) is 113 cm³/mol. The largest absolute Gasteiger partial charge is 0.370 e. The lowest BCUT2D eigenvalue weighted by Crippen LogP contribution is -3.14. The molecule has 2 N–H and O–H groups in total. The Bertz CT molecular complexity index is 763. The Morgan fingerprint density at radius 2 is 2.03 bits per heavy atom. The molecule has 2 amide bonds. The van der Waals surface area contributed by atoms with E-state index in [2.05, 4.69) is 10.3 Å². The molecule has 8 heteroatoms. The molecule has 156 valence electrons. The first kappa shape index (κ1) is 21.4. The number of carbonyl (C=O) groups excluding carboxylic acids is 2. The van der Waals surface area contributed by atoms with Gasteiger partial charge in [-0.05, 0) is 12.0 Å². The van der Waals surface area contributed by atoms with Gasteiger partial charge in [0.2, 0.25) is 11.8 Å². The van der Waals surface area contributed by atoms with E-state index in [0.717, 1.165) is 38.4 Å². The van der Waals surface area contributed by atoms with E-state index in [-0.39, 0.29) is 24.3 Å². The summed E-state index contributed by atoms with van der Waals surface area (Å²) < 4.78 is 5.42. The highest BCUT2D eigenvalue weighted by atomic mass is 32.1. The number of amides is 2. The zero-order chi connectivity index (χ0) is 20.5. The maximum absolute atomic E-state index is 13.4. The first-order chi connectivity index (χ1) is 14.2. The van der Waals surface area contributed by atoms with Gasteiger partial charge in [0.15, 0.2) is 5.13 Å². The number of hydrogen-bond acceptors (Lipinski definition) is 5. The molecule has 3 rings (SSSR count). The van der Waals surface area contributed by atoms with Crippen molar-refractivity contribution in [2.45, 2.75) is 19.3 Å². The Labute approximate surface area is 175 Å². The number of nitrogens with zero attached hydrogens (tertiary/aromatic N) is 2. The number of ether oxygens (including phenoxy) is 1. The molecular formula is C21H29N4O3S+. The van der Waals surface area contributed by atoms with Gasteiger partial charge in [-0.2, -0.15) is 0 Å². The Balaban J connectivity index is 1.69. The van der Waals surface area contributed by atoms with Crippen LogP contribution in [-0.4, -0.2) is 67.6 Å². The number of hydrogen-bond donors (Lipinski definition) is 2. The van der Waals surface area contributed by atoms with E-state index < -0.39 is 0 Å². The van der Waals surface area contributed by atoms with Crippen LogP contribution in [-0.2, 0) is 14.3 Å². The molecule has 1 fully saturated rings. The third-order valence-corrected chi connectivity index (χ3v) is 5.86. The molecule has 2 heterocycles. The summed E-state index contributed by atoms with van der Waals surface area (Å²) in [4.78, 5) is 33.1. The quantitative estimate of drug-likeness (QED) is 0.639. The van der Waals surface area contributed by atoms with Gasteiger partial charge < -0.3 is 19.9 Å². The molecule has 1 aromatic heterocycles.